The molecule has 2 aliphatic heterocycles. The number of amides is 1. The summed E-state index contributed by atoms with van der Waals surface area (Å²) in [4.78, 5) is 18.8. The highest BCUT2D eigenvalue weighted by atomic mass is 19.1. The van der Waals surface area contributed by atoms with Gasteiger partial charge >= 0.3 is 0 Å². The molecule has 3 aliphatic rings. The molecule has 3 heterocycles. The van der Waals surface area contributed by atoms with Gasteiger partial charge in [-0.15, -0.1) is 0 Å². The minimum atomic E-state index is -0.386. The maximum Gasteiger partial charge on any atom is 0.227 e. The highest BCUT2D eigenvalue weighted by molar-refractivity contribution is 5.79. The Balaban J connectivity index is 1.09. The molecule has 2 atom stereocenters. The Labute approximate surface area is 188 Å². The Kier molecular flexibility index (Phi) is 6.17. The van der Waals surface area contributed by atoms with E-state index in [0.29, 0.717) is 43.3 Å². The van der Waals surface area contributed by atoms with Crippen LogP contribution in [-0.4, -0.2) is 42.0 Å². The van der Waals surface area contributed by atoms with Gasteiger partial charge in [0, 0.05) is 26.0 Å². The first-order chi connectivity index (χ1) is 15.6. The van der Waals surface area contributed by atoms with Crippen molar-refractivity contribution >= 4 is 5.91 Å². The number of benzene rings is 1. The van der Waals surface area contributed by atoms with Crippen LogP contribution in [0, 0.1) is 30.5 Å². The van der Waals surface area contributed by atoms with Gasteiger partial charge in [-0.3, -0.25) is 4.79 Å². The Morgan fingerprint density at radius 2 is 2.19 bits per heavy atom. The number of nitrogens with one attached hydrogen (secondary N) is 1. The quantitative estimate of drug-likeness (QED) is 0.710. The van der Waals surface area contributed by atoms with Gasteiger partial charge in [0.2, 0.25) is 5.91 Å². The smallest absolute Gasteiger partial charge is 0.227 e. The number of hydrogen-bond donors (Lipinski definition) is 1. The number of ether oxygens (including phenoxy) is 1. The number of carbonyl (C=O) groups is 1. The van der Waals surface area contributed by atoms with Crippen LogP contribution in [0.2, 0.25) is 0 Å². The van der Waals surface area contributed by atoms with E-state index in [1.807, 2.05) is 0 Å². The summed E-state index contributed by atoms with van der Waals surface area (Å²) in [7, 11) is 0. The van der Waals surface area contributed by atoms with Crippen LogP contribution in [0.4, 0.5) is 4.39 Å². The summed E-state index contributed by atoms with van der Waals surface area (Å²) in [6, 6.07) is 4.86. The van der Waals surface area contributed by atoms with E-state index in [0.717, 1.165) is 48.7 Å². The van der Waals surface area contributed by atoms with E-state index in [4.69, 9.17) is 9.15 Å². The average Bonchev–Trinajstić information content (AvgIpc) is 3.47. The number of rotatable bonds is 7. The van der Waals surface area contributed by atoms with E-state index in [9.17, 15) is 9.18 Å². The van der Waals surface area contributed by atoms with Crippen molar-refractivity contribution in [2.75, 3.05) is 26.2 Å². The number of aromatic nitrogens is 1. The lowest BCUT2D eigenvalue weighted by molar-refractivity contribution is -0.131. The summed E-state index contributed by atoms with van der Waals surface area (Å²) in [5, 5.41) is 3.43. The molecule has 1 aliphatic carbocycles. The average molecular weight is 442 g/mol. The largest absolute Gasteiger partial charge is 0.493 e. The fraction of sp³-hybridized carbons (Fsp3) is 0.600. The van der Waals surface area contributed by atoms with Crippen LogP contribution in [0.3, 0.4) is 0 Å². The zero-order valence-electron chi connectivity index (χ0n) is 18.7. The summed E-state index contributed by atoms with van der Waals surface area (Å²) < 4.78 is 26.0. The number of aryl methyl sites for hydroxylation is 1. The molecule has 32 heavy (non-hydrogen) atoms. The molecular formula is C25H32FN3O3. The third-order valence-corrected chi connectivity index (χ3v) is 7.28. The van der Waals surface area contributed by atoms with Crippen LogP contribution in [0.25, 0.3) is 0 Å². The Morgan fingerprint density at radius 3 is 3.00 bits per heavy atom. The Bertz CT molecular complexity index is 969. The van der Waals surface area contributed by atoms with Gasteiger partial charge in [-0.05, 0) is 68.2 Å². The Morgan fingerprint density at radius 1 is 1.34 bits per heavy atom. The summed E-state index contributed by atoms with van der Waals surface area (Å²) in [6.07, 6.45) is 5.65. The van der Waals surface area contributed by atoms with Gasteiger partial charge < -0.3 is 19.4 Å². The van der Waals surface area contributed by atoms with Crippen LogP contribution < -0.4 is 10.1 Å². The lowest BCUT2D eigenvalue weighted by atomic mass is 9.91. The van der Waals surface area contributed by atoms with Crippen molar-refractivity contribution < 1.29 is 18.3 Å². The van der Waals surface area contributed by atoms with Crippen molar-refractivity contribution in [3.05, 3.63) is 46.9 Å². The first-order valence-electron chi connectivity index (χ1n) is 11.9. The fourth-order valence-electron chi connectivity index (χ4n) is 5.35. The van der Waals surface area contributed by atoms with Gasteiger partial charge in [-0.1, -0.05) is 6.07 Å². The topological polar surface area (TPSA) is 67.6 Å². The second kappa shape index (κ2) is 9.22. The summed E-state index contributed by atoms with van der Waals surface area (Å²) in [5.41, 5.74) is 1.32. The number of halogens is 1. The van der Waals surface area contributed by atoms with Crippen molar-refractivity contribution in [3.8, 4) is 5.75 Å². The van der Waals surface area contributed by atoms with Crippen LogP contribution in [0.1, 0.15) is 48.6 Å². The van der Waals surface area contributed by atoms with E-state index in [1.54, 1.807) is 24.0 Å². The molecule has 7 heteroatoms. The lowest BCUT2D eigenvalue weighted by Crippen LogP contribution is -2.36. The van der Waals surface area contributed by atoms with Gasteiger partial charge in [-0.2, -0.15) is 0 Å². The second-order valence-electron chi connectivity index (χ2n) is 9.48. The first-order valence-corrected chi connectivity index (χ1v) is 11.9. The maximum atomic E-state index is 14.6. The molecule has 1 amide bonds. The molecule has 0 spiro atoms. The van der Waals surface area contributed by atoms with Crippen LogP contribution in [0.15, 0.2) is 22.6 Å². The third-order valence-electron chi connectivity index (χ3n) is 7.28. The maximum absolute atomic E-state index is 14.6. The molecule has 1 saturated heterocycles. The molecule has 2 aromatic rings. The highest BCUT2D eigenvalue weighted by Gasteiger charge is 2.42. The van der Waals surface area contributed by atoms with E-state index < -0.39 is 0 Å². The number of nitrogens with zero attached hydrogens (tertiary/aromatic N) is 2. The van der Waals surface area contributed by atoms with Crippen LogP contribution in [-0.2, 0) is 24.2 Å². The standard InChI is InChI=1S/C25H32FN3O3/c1-16-28-23-6-10-29(15-24(23)32-16)25(30)13-19-2-3-20(14-22(19)26)31-11-7-18-12-21(18)17-4-8-27-9-5-17/h2-3,14,17-18,21,27H,4-13,15H2,1H3/t18-,21-/m1/s1. The predicted molar refractivity (Wildman–Crippen MR) is 118 cm³/mol. The number of oxazole rings is 1. The minimum Gasteiger partial charge on any atom is -0.493 e. The number of piperidine rings is 1. The monoisotopic (exact) mass is 441 g/mol. The number of fused-ring (bicyclic) bond motifs is 1. The normalized spacial score (nSPS) is 23.1. The van der Waals surface area contributed by atoms with Crippen molar-refractivity contribution in [2.45, 2.75) is 52.0 Å². The molecule has 6 nitrogen and oxygen atoms in total. The van der Waals surface area contributed by atoms with Crippen molar-refractivity contribution in [3.63, 3.8) is 0 Å². The van der Waals surface area contributed by atoms with Crippen molar-refractivity contribution in [2.24, 2.45) is 17.8 Å². The van der Waals surface area contributed by atoms with Crippen LogP contribution in [0.5, 0.6) is 5.75 Å². The van der Waals surface area contributed by atoms with Gasteiger partial charge in [0.1, 0.15) is 17.3 Å². The molecule has 1 N–H and O–H groups in total. The van der Waals surface area contributed by atoms with E-state index >= 15 is 0 Å². The molecule has 0 bridgehead atoms. The van der Waals surface area contributed by atoms with Gasteiger partial charge in [0.15, 0.2) is 5.89 Å². The SMILES string of the molecule is Cc1nc2c(o1)CN(C(=O)Cc1ccc(OCC[C@@H]3C[C@@H]3C3CCNCC3)cc1F)CC2. The second-order valence-corrected chi connectivity index (χ2v) is 9.48. The molecule has 1 aromatic heterocycles. The minimum absolute atomic E-state index is 0.0363. The van der Waals surface area contributed by atoms with E-state index in [-0.39, 0.29) is 18.1 Å². The van der Waals surface area contributed by atoms with E-state index in [2.05, 4.69) is 10.3 Å². The summed E-state index contributed by atoms with van der Waals surface area (Å²) in [6.45, 7) is 5.71. The molecule has 2 fully saturated rings. The van der Waals surface area contributed by atoms with Gasteiger partial charge in [0.05, 0.1) is 25.3 Å². The molecule has 0 radical (unpaired) electrons. The zero-order valence-corrected chi connectivity index (χ0v) is 18.7. The summed E-state index contributed by atoms with van der Waals surface area (Å²) in [5.74, 6) is 3.90. The lowest BCUT2D eigenvalue weighted by Gasteiger charge is -2.25. The van der Waals surface area contributed by atoms with Crippen molar-refractivity contribution in [1.82, 2.24) is 15.2 Å². The Hall–Kier alpha value is -2.41. The number of hydrogen-bond acceptors (Lipinski definition) is 5. The van der Waals surface area contributed by atoms with Crippen molar-refractivity contribution in [1.29, 1.82) is 0 Å². The molecular weight excluding hydrogens is 409 g/mol. The molecule has 5 rings (SSSR count). The molecule has 1 aromatic carbocycles. The predicted octanol–water partition coefficient (Wildman–Crippen LogP) is 3.65. The zero-order chi connectivity index (χ0) is 22.1. The van der Waals surface area contributed by atoms with Crippen LogP contribution >= 0.6 is 0 Å². The first kappa shape index (κ1) is 21.4. The molecule has 172 valence electrons. The fourth-order valence-corrected chi connectivity index (χ4v) is 5.35. The summed E-state index contributed by atoms with van der Waals surface area (Å²) >= 11 is 0. The number of carbonyl (C=O) groups excluding carboxylic acids is 1. The molecule has 0 unspecified atom stereocenters. The van der Waals surface area contributed by atoms with E-state index in [1.165, 1.54) is 25.3 Å². The highest BCUT2D eigenvalue weighted by Crippen LogP contribution is 2.49. The third kappa shape index (κ3) is 4.82. The van der Waals surface area contributed by atoms with Gasteiger partial charge in [0.25, 0.3) is 0 Å². The van der Waals surface area contributed by atoms with Gasteiger partial charge in [-0.25, -0.2) is 9.37 Å². The molecule has 1 saturated carbocycles.